The topological polar surface area (TPSA) is 106 Å². The van der Waals surface area contributed by atoms with Gasteiger partial charge in [0.05, 0.1) is 25.3 Å². The molecule has 188 valence electrons. The molecule has 8 nitrogen and oxygen atoms in total. The van der Waals surface area contributed by atoms with Gasteiger partial charge in [0.1, 0.15) is 11.5 Å². The number of benzene rings is 2. The van der Waals surface area contributed by atoms with Crippen LogP contribution < -0.4 is 9.47 Å². The van der Waals surface area contributed by atoms with E-state index in [9.17, 15) is 19.8 Å². The molecule has 0 saturated carbocycles. The zero-order valence-corrected chi connectivity index (χ0v) is 20.8. The molecule has 2 N–H and O–H groups in total. The Morgan fingerprint density at radius 2 is 1.83 bits per heavy atom. The van der Waals surface area contributed by atoms with Gasteiger partial charge >= 0.3 is 0 Å². The first-order valence-corrected chi connectivity index (χ1v) is 11.6. The zero-order valence-electron chi connectivity index (χ0n) is 20.8. The number of aryl methyl sites for hydroxylation is 1. The minimum atomic E-state index is -0.849. The first kappa shape index (κ1) is 26.1. The molecule has 1 fully saturated rings. The van der Waals surface area contributed by atoms with E-state index >= 15 is 0 Å². The number of aliphatic hydroxyl groups is 1. The van der Waals surface area contributed by atoms with Crippen molar-refractivity contribution in [2.24, 2.45) is 5.92 Å². The number of phenolic OH excluding ortho intramolecular Hbond substituents is 1. The van der Waals surface area contributed by atoms with Gasteiger partial charge < -0.3 is 29.3 Å². The number of likely N-dealkylation sites (tertiary alicyclic amines) is 1. The second-order valence-electron chi connectivity index (χ2n) is 8.96. The number of rotatable bonds is 10. The molecule has 0 radical (unpaired) electrons. The SMILES string of the molecule is COCCCN1C(=O)C(=O)C(=C(O)c2ccc(OCC(C)C)c(C)c2)[C@@H]1c1ccc(O)c(OC)c1. The molecule has 0 aromatic heterocycles. The number of methoxy groups -OCH3 is 2. The number of hydrogen-bond donors (Lipinski definition) is 2. The summed E-state index contributed by atoms with van der Waals surface area (Å²) < 4.78 is 16.2. The molecule has 2 aromatic rings. The van der Waals surface area contributed by atoms with Crippen molar-refractivity contribution in [2.45, 2.75) is 33.2 Å². The van der Waals surface area contributed by atoms with Crippen LogP contribution in [0, 0.1) is 12.8 Å². The van der Waals surface area contributed by atoms with Gasteiger partial charge in [0.25, 0.3) is 11.7 Å². The Hall–Kier alpha value is -3.52. The van der Waals surface area contributed by atoms with Crippen molar-refractivity contribution in [2.75, 3.05) is 34.0 Å². The van der Waals surface area contributed by atoms with Gasteiger partial charge in [-0.15, -0.1) is 0 Å². The van der Waals surface area contributed by atoms with Crippen LogP contribution in [0.15, 0.2) is 42.0 Å². The average molecular weight is 484 g/mol. The number of carbonyl (C=O) groups excluding carboxylic acids is 2. The third kappa shape index (κ3) is 5.59. The minimum Gasteiger partial charge on any atom is -0.507 e. The fourth-order valence-corrected chi connectivity index (χ4v) is 4.07. The van der Waals surface area contributed by atoms with Gasteiger partial charge in [-0.05, 0) is 60.7 Å². The van der Waals surface area contributed by atoms with E-state index in [2.05, 4.69) is 13.8 Å². The molecule has 8 heteroatoms. The van der Waals surface area contributed by atoms with Crippen LogP contribution in [-0.2, 0) is 14.3 Å². The van der Waals surface area contributed by atoms with Crippen molar-refractivity contribution in [3.8, 4) is 17.2 Å². The maximum absolute atomic E-state index is 13.2. The second-order valence-corrected chi connectivity index (χ2v) is 8.96. The van der Waals surface area contributed by atoms with E-state index in [4.69, 9.17) is 14.2 Å². The van der Waals surface area contributed by atoms with E-state index < -0.39 is 17.7 Å². The molecule has 0 spiro atoms. The molecule has 1 aliphatic heterocycles. The number of hydrogen-bond acceptors (Lipinski definition) is 7. The Kier molecular flexibility index (Phi) is 8.40. The lowest BCUT2D eigenvalue weighted by atomic mass is 9.94. The quantitative estimate of drug-likeness (QED) is 0.226. The van der Waals surface area contributed by atoms with Crippen LogP contribution in [0.4, 0.5) is 0 Å². The Bertz CT molecular complexity index is 1120. The number of nitrogens with zero attached hydrogens (tertiary/aromatic N) is 1. The van der Waals surface area contributed by atoms with Crippen molar-refractivity contribution in [3.63, 3.8) is 0 Å². The largest absolute Gasteiger partial charge is 0.507 e. The predicted octanol–water partition coefficient (Wildman–Crippen LogP) is 4.20. The fourth-order valence-electron chi connectivity index (χ4n) is 4.07. The lowest BCUT2D eigenvalue weighted by Gasteiger charge is -2.25. The molecule has 0 aliphatic carbocycles. The summed E-state index contributed by atoms with van der Waals surface area (Å²) in [5, 5.41) is 21.3. The van der Waals surface area contributed by atoms with Crippen molar-refractivity contribution in [1.29, 1.82) is 0 Å². The molecule has 35 heavy (non-hydrogen) atoms. The van der Waals surface area contributed by atoms with Crippen molar-refractivity contribution >= 4 is 17.4 Å². The molecule has 1 atom stereocenters. The number of ketones is 1. The van der Waals surface area contributed by atoms with E-state index in [1.807, 2.05) is 6.92 Å². The maximum atomic E-state index is 13.2. The highest BCUT2D eigenvalue weighted by Gasteiger charge is 2.46. The summed E-state index contributed by atoms with van der Waals surface area (Å²) in [5.74, 6) is -0.558. The van der Waals surface area contributed by atoms with E-state index in [1.54, 1.807) is 37.4 Å². The molecule has 0 bridgehead atoms. The smallest absolute Gasteiger partial charge is 0.295 e. The lowest BCUT2D eigenvalue weighted by Crippen LogP contribution is -2.31. The highest BCUT2D eigenvalue weighted by Crippen LogP contribution is 2.42. The van der Waals surface area contributed by atoms with E-state index in [1.165, 1.54) is 18.1 Å². The number of amides is 1. The molecular formula is C27H33NO7. The zero-order chi connectivity index (χ0) is 25.7. The molecule has 2 aromatic carbocycles. The lowest BCUT2D eigenvalue weighted by molar-refractivity contribution is -0.140. The number of Topliss-reactive ketones (excluding diaryl/α,β-unsaturated/α-hetero) is 1. The van der Waals surface area contributed by atoms with Gasteiger partial charge in [-0.1, -0.05) is 19.9 Å². The number of ether oxygens (including phenoxy) is 3. The number of aliphatic hydroxyl groups excluding tert-OH is 1. The molecule has 1 heterocycles. The third-order valence-corrected chi connectivity index (χ3v) is 5.83. The van der Waals surface area contributed by atoms with E-state index in [-0.39, 0.29) is 29.4 Å². The van der Waals surface area contributed by atoms with Gasteiger partial charge in [0, 0.05) is 25.8 Å². The molecule has 0 unspecified atom stereocenters. The summed E-state index contributed by atoms with van der Waals surface area (Å²) in [6, 6.07) is 8.92. The summed E-state index contributed by atoms with van der Waals surface area (Å²) in [6.45, 7) is 7.19. The number of aromatic hydroxyl groups is 1. The van der Waals surface area contributed by atoms with Crippen molar-refractivity contribution < 1.29 is 34.0 Å². The molecule has 1 aliphatic rings. The van der Waals surface area contributed by atoms with Gasteiger partial charge in [0.2, 0.25) is 0 Å². The van der Waals surface area contributed by atoms with Crippen LogP contribution in [-0.4, -0.2) is 60.8 Å². The number of carbonyl (C=O) groups is 2. The van der Waals surface area contributed by atoms with Crippen LogP contribution in [0.25, 0.3) is 5.76 Å². The standard InChI is InChI=1S/C27H33NO7/c1-16(2)15-35-21-10-8-19(13-17(21)3)25(30)23-24(18-7-9-20(29)22(14-18)34-5)28(11-6-12-33-4)27(32)26(23)31/h7-10,13-14,16,24,29-30H,6,11-12,15H2,1-5H3/t24-/m0/s1. The summed E-state index contributed by atoms with van der Waals surface area (Å²) >= 11 is 0. The van der Waals surface area contributed by atoms with Crippen LogP contribution in [0.1, 0.15) is 43.0 Å². The first-order valence-electron chi connectivity index (χ1n) is 11.6. The Labute approximate surface area is 205 Å². The van der Waals surface area contributed by atoms with Crippen molar-refractivity contribution in [3.05, 3.63) is 58.7 Å². The van der Waals surface area contributed by atoms with Crippen LogP contribution in [0.2, 0.25) is 0 Å². The van der Waals surface area contributed by atoms with Gasteiger partial charge in [-0.2, -0.15) is 0 Å². The summed E-state index contributed by atoms with van der Waals surface area (Å²) in [7, 11) is 2.98. The Balaban J connectivity index is 2.10. The van der Waals surface area contributed by atoms with Crippen LogP contribution in [0.5, 0.6) is 17.2 Å². The predicted molar refractivity (Wildman–Crippen MR) is 132 cm³/mol. The van der Waals surface area contributed by atoms with E-state index in [0.717, 1.165) is 5.56 Å². The average Bonchev–Trinajstić information content (AvgIpc) is 3.08. The van der Waals surface area contributed by atoms with E-state index in [0.29, 0.717) is 42.4 Å². The monoisotopic (exact) mass is 483 g/mol. The molecular weight excluding hydrogens is 450 g/mol. The van der Waals surface area contributed by atoms with Gasteiger partial charge in [0.15, 0.2) is 11.5 Å². The summed E-state index contributed by atoms with van der Waals surface area (Å²) in [5.41, 5.74) is 1.72. The normalized spacial score (nSPS) is 17.3. The minimum absolute atomic E-state index is 0.0181. The van der Waals surface area contributed by atoms with Gasteiger partial charge in [-0.25, -0.2) is 0 Å². The van der Waals surface area contributed by atoms with Crippen molar-refractivity contribution in [1.82, 2.24) is 4.90 Å². The molecule has 3 rings (SSSR count). The second kappa shape index (κ2) is 11.3. The number of phenols is 1. The summed E-state index contributed by atoms with van der Waals surface area (Å²) in [6.07, 6.45) is 0.510. The molecule has 1 saturated heterocycles. The third-order valence-electron chi connectivity index (χ3n) is 5.83. The fraction of sp³-hybridized carbons (Fsp3) is 0.407. The van der Waals surface area contributed by atoms with Crippen LogP contribution >= 0.6 is 0 Å². The molecule has 1 amide bonds. The van der Waals surface area contributed by atoms with Crippen LogP contribution in [0.3, 0.4) is 0 Å². The Morgan fingerprint density at radius 3 is 2.46 bits per heavy atom. The maximum Gasteiger partial charge on any atom is 0.295 e. The summed E-state index contributed by atoms with van der Waals surface area (Å²) in [4.78, 5) is 27.6. The highest BCUT2D eigenvalue weighted by atomic mass is 16.5. The highest BCUT2D eigenvalue weighted by molar-refractivity contribution is 6.46. The van der Waals surface area contributed by atoms with Gasteiger partial charge in [-0.3, -0.25) is 9.59 Å². The Morgan fingerprint density at radius 1 is 1.09 bits per heavy atom. The first-order chi connectivity index (χ1) is 16.7.